The van der Waals surface area contributed by atoms with E-state index < -0.39 is 0 Å². The van der Waals surface area contributed by atoms with Crippen molar-refractivity contribution in [2.24, 2.45) is 5.92 Å². The Morgan fingerprint density at radius 2 is 1.85 bits per heavy atom. The van der Waals surface area contributed by atoms with E-state index in [9.17, 15) is 0 Å². The van der Waals surface area contributed by atoms with Crippen molar-refractivity contribution in [3.63, 3.8) is 0 Å². The Hall–Kier alpha value is -0.890. The fourth-order valence-corrected chi connectivity index (χ4v) is 1.80. The second-order valence-electron chi connectivity index (χ2n) is 3.78. The summed E-state index contributed by atoms with van der Waals surface area (Å²) in [6.45, 7) is 5.98. The van der Waals surface area contributed by atoms with Gasteiger partial charge in [0.2, 0.25) is 0 Å². The van der Waals surface area contributed by atoms with Crippen LogP contribution in [0.4, 0.5) is 4.70 Å². The molecule has 1 heterocycles. The van der Waals surface area contributed by atoms with Gasteiger partial charge in [0.25, 0.3) is 0 Å². The Morgan fingerprint density at radius 3 is 2.38 bits per heavy atom. The van der Waals surface area contributed by atoms with Crippen LogP contribution < -0.4 is 0 Å². The maximum atomic E-state index is 2.49. The zero-order valence-electron chi connectivity index (χ0n) is 7.94. The van der Waals surface area contributed by atoms with E-state index in [1.165, 1.54) is 18.7 Å². The molecule has 1 nitrogen and oxygen atoms in total. The standard InChI is InChI=1S/C11H15N.FH/c1-10-7-12(8-10)9-11-5-3-2-4-6-11;/h2-6,10H,7-9H2,1H3;1H. The lowest BCUT2D eigenvalue weighted by Gasteiger charge is -2.37. The fourth-order valence-electron chi connectivity index (χ4n) is 1.80. The molecule has 1 aromatic carbocycles. The van der Waals surface area contributed by atoms with E-state index in [0.29, 0.717) is 0 Å². The van der Waals surface area contributed by atoms with Gasteiger partial charge in [-0.3, -0.25) is 9.60 Å². The largest absolute Gasteiger partial charge is 0.298 e. The summed E-state index contributed by atoms with van der Waals surface area (Å²) in [5.74, 6) is 0.911. The monoisotopic (exact) mass is 181 g/mol. The van der Waals surface area contributed by atoms with Crippen LogP contribution in [0.3, 0.4) is 0 Å². The van der Waals surface area contributed by atoms with Gasteiger partial charge in [0, 0.05) is 19.6 Å². The number of hydrogen-bond donors (Lipinski definition) is 0. The van der Waals surface area contributed by atoms with E-state index in [1.54, 1.807) is 0 Å². The zero-order valence-corrected chi connectivity index (χ0v) is 7.94. The Balaban J connectivity index is 0.000000845. The predicted octanol–water partition coefficient (Wildman–Crippen LogP) is 2.29. The van der Waals surface area contributed by atoms with Crippen molar-refractivity contribution in [2.75, 3.05) is 13.1 Å². The lowest BCUT2D eigenvalue weighted by molar-refractivity contribution is 0.105. The summed E-state index contributed by atoms with van der Waals surface area (Å²) in [5, 5.41) is 0. The Labute approximate surface area is 78.7 Å². The molecule has 0 atom stereocenters. The summed E-state index contributed by atoms with van der Waals surface area (Å²) in [6, 6.07) is 10.7. The van der Waals surface area contributed by atoms with Crippen molar-refractivity contribution < 1.29 is 4.70 Å². The molecule has 2 rings (SSSR count). The molecule has 13 heavy (non-hydrogen) atoms. The van der Waals surface area contributed by atoms with Gasteiger partial charge in [0.05, 0.1) is 0 Å². The fraction of sp³-hybridized carbons (Fsp3) is 0.455. The molecule has 0 amide bonds. The minimum Gasteiger partial charge on any atom is -0.298 e. The first kappa shape index (κ1) is 10.2. The highest BCUT2D eigenvalue weighted by Gasteiger charge is 2.21. The van der Waals surface area contributed by atoms with Crippen molar-refractivity contribution in [3.05, 3.63) is 35.9 Å². The SMILES string of the molecule is CC1CN(Cc2ccccc2)C1.F. The van der Waals surface area contributed by atoms with Crippen molar-refractivity contribution in [1.82, 2.24) is 4.90 Å². The molecule has 0 spiro atoms. The van der Waals surface area contributed by atoms with Gasteiger partial charge in [0.1, 0.15) is 0 Å². The molecular formula is C11H16FN. The number of likely N-dealkylation sites (tertiary alicyclic amines) is 1. The van der Waals surface area contributed by atoms with Gasteiger partial charge in [-0.1, -0.05) is 37.3 Å². The number of benzene rings is 1. The summed E-state index contributed by atoms with van der Waals surface area (Å²) in [7, 11) is 0. The Morgan fingerprint density at radius 1 is 1.23 bits per heavy atom. The lowest BCUT2D eigenvalue weighted by atomic mass is 10.0. The maximum Gasteiger partial charge on any atom is 0.0233 e. The van der Waals surface area contributed by atoms with Crippen molar-refractivity contribution in [3.8, 4) is 0 Å². The number of nitrogens with zero attached hydrogens (tertiary/aromatic N) is 1. The molecule has 0 unspecified atom stereocenters. The smallest absolute Gasteiger partial charge is 0.0233 e. The molecule has 72 valence electrons. The van der Waals surface area contributed by atoms with Gasteiger partial charge < -0.3 is 0 Å². The number of hydrogen-bond acceptors (Lipinski definition) is 1. The predicted molar refractivity (Wildman–Crippen MR) is 53.4 cm³/mol. The van der Waals surface area contributed by atoms with Gasteiger partial charge in [-0.2, -0.15) is 0 Å². The van der Waals surface area contributed by atoms with Crippen molar-refractivity contribution >= 4 is 0 Å². The molecule has 0 saturated carbocycles. The molecule has 1 fully saturated rings. The quantitative estimate of drug-likeness (QED) is 0.676. The summed E-state index contributed by atoms with van der Waals surface area (Å²) < 4.78 is 0. The summed E-state index contributed by atoms with van der Waals surface area (Å²) in [6.07, 6.45) is 0. The highest BCUT2D eigenvalue weighted by Crippen LogP contribution is 2.17. The van der Waals surface area contributed by atoms with E-state index in [-0.39, 0.29) is 4.70 Å². The Kier molecular flexibility index (Phi) is 3.43. The van der Waals surface area contributed by atoms with Crippen LogP contribution in [0.15, 0.2) is 30.3 Å². The maximum absolute atomic E-state index is 2.49. The molecule has 0 aromatic heterocycles. The molecule has 0 aliphatic carbocycles. The zero-order chi connectivity index (χ0) is 8.39. The van der Waals surface area contributed by atoms with Gasteiger partial charge in [-0.15, -0.1) is 0 Å². The van der Waals surface area contributed by atoms with Crippen LogP contribution >= 0.6 is 0 Å². The second kappa shape index (κ2) is 4.38. The van der Waals surface area contributed by atoms with Crippen molar-refractivity contribution in [1.29, 1.82) is 0 Å². The highest BCUT2D eigenvalue weighted by atomic mass is 19.0. The van der Waals surface area contributed by atoms with Gasteiger partial charge in [-0.05, 0) is 11.5 Å². The molecule has 1 saturated heterocycles. The third-order valence-electron chi connectivity index (χ3n) is 2.39. The molecule has 0 N–H and O–H groups in total. The molecule has 0 radical (unpaired) electrons. The van der Waals surface area contributed by atoms with Crippen LogP contribution in [-0.2, 0) is 6.54 Å². The Bertz CT molecular complexity index is 242. The average molecular weight is 181 g/mol. The number of halogens is 1. The van der Waals surface area contributed by atoms with Crippen LogP contribution in [0.25, 0.3) is 0 Å². The third kappa shape index (κ3) is 2.52. The van der Waals surface area contributed by atoms with E-state index in [1.807, 2.05) is 0 Å². The van der Waals surface area contributed by atoms with E-state index >= 15 is 0 Å². The first-order chi connectivity index (χ1) is 5.84. The summed E-state index contributed by atoms with van der Waals surface area (Å²) in [4.78, 5) is 2.49. The van der Waals surface area contributed by atoms with Crippen molar-refractivity contribution in [2.45, 2.75) is 13.5 Å². The van der Waals surface area contributed by atoms with Crippen LogP contribution in [0, 0.1) is 5.92 Å². The molecule has 0 bridgehead atoms. The summed E-state index contributed by atoms with van der Waals surface area (Å²) in [5.41, 5.74) is 1.43. The molecule has 1 aromatic rings. The lowest BCUT2D eigenvalue weighted by Crippen LogP contribution is -2.44. The van der Waals surface area contributed by atoms with Gasteiger partial charge in [-0.25, -0.2) is 0 Å². The first-order valence-electron chi connectivity index (χ1n) is 4.61. The minimum atomic E-state index is 0. The third-order valence-corrected chi connectivity index (χ3v) is 2.39. The van der Waals surface area contributed by atoms with E-state index in [2.05, 4.69) is 42.2 Å². The van der Waals surface area contributed by atoms with Crippen LogP contribution in [0.1, 0.15) is 12.5 Å². The minimum absolute atomic E-state index is 0. The van der Waals surface area contributed by atoms with Crippen LogP contribution in [-0.4, -0.2) is 18.0 Å². The van der Waals surface area contributed by atoms with E-state index in [0.717, 1.165) is 12.5 Å². The van der Waals surface area contributed by atoms with Gasteiger partial charge in [0.15, 0.2) is 0 Å². The number of rotatable bonds is 2. The average Bonchev–Trinajstić information content (AvgIpc) is 2.04. The molecule has 1 aliphatic rings. The topological polar surface area (TPSA) is 3.24 Å². The summed E-state index contributed by atoms with van der Waals surface area (Å²) >= 11 is 0. The molecule has 2 heteroatoms. The molecular weight excluding hydrogens is 165 g/mol. The van der Waals surface area contributed by atoms with E-state index in [4.69, 9.17) is 0 Å². The first-order valence-corrected chi connectivity index (χ1v) is 4.61. The van der Waals surface area contributed by atoms with Crippen LogP contribution in [0.5, 0.6) is 0 Å². The molecule has 1 aliphatic heterocycles. The highest BCUT2D eigenvalue weighted by molar-refractivity contribution is 5.14. The van der Waals surface area contributed by atoms with Crippen LogP contribution in [0.2, 0.25) is 0 Å². The normalized spacial score (nSPS) is 17.6. The van der Waals surface area contributed by atoms with Gasteiger partial charge >= 0.3 is 0 Å². The second-order valence-corrected chi connectivity index (χ2v) is 3.78.